The molecule has 2 rings (SSSR count). The molecule has 0 radical (unpaired) electrons. The number of carboxylic acid groups (broad SMARTS) is 1. The molecule has 2 fully saturated rings. The smallest absolute Gasteiger partial charge is 0.332 e. The largest absolute Gasteiger partial charge is 0.479 e. The van der Waals surface area contributed by atoms with E-state index in [4.69, 9.17) is 14.6 Å². The van der Waals surface area contributed by atoms with Crippen LogP contribution in [0.15, 0.2) is 0 Å². The molecule has 2 aliphatic heterocycles. The van der Waals surface area contributed by atoms with Crippen molar-refractivity contribution in [1.82, 2.24) is 5.32 Å². The summed E-state index contributed by atoms with van der Waals surface area (Å²) in [6.07, 6.45) is 1.41. The van der Waals surface area contributed by atoms with Gasteiger partial charge in [-0.1, -0.05) is 0 Å². The molecule has 1 amide bonds. The molecule has 0 aromatic rings. The fourth-order valence-electron chi connectivity index (χ4n) is 2.34. The van der Waals surface area contributed by atoms with Crippen LogP contribution in [0.5, 0.6) is 0 Å². The van der Waals surface area contributed by atoms with Crippen LogP contribution in [0.2, 0.25) is 0 Å². The van der Waals surface area contributed by atoms with E-state index in [-0.39, 0.29) is 5.91 Å². The summed E-state index contributed by atoms with van der Waals surface area (Å²) >= 11 is 0. The molecule has 3 atom stereocenters. The molecule has 1 unspecified atom stereocenters. The molecule has 2 saturated heterocycles. The summed E-state index contributed by atoms with van der Waals surface area (Å²) in [6.45, 7) is 2.19. The lowest BCUT2D eigenvalue weighted by Crippen LogP contribution is -2.36. The second kappa shape index (κ2) is 6.15. The van der Waals surface area contributed by atoms with E-state index in [1.54, 1.807) is 0 Å². The lowest BCUT2D eigenvalue weighted by Gasteiger charge is -2.13. The fraction of sp³-hybridized carbons (Fsp3) is 0.833. The molecule has 2 heterocycles. The predicted octanol–water partition coefficient (Wildman–Crippen LogP) is 0.161. The highest BCUT2D eigenvalue weighted by molar-refractivity contribution is 5.82. The van der Waals surface area contributed by atoms with E-state index in [1.165, 1.54) is 0 Å². The first-order valence-corrected chi connectivity index (χ1v) is 6.40. The third-order valence-electron chi connectivity index (χ3n) is 3.46. The number of aliphatic carboxylic acids is 1. The van der Waals surface area contributed by atoms with Crippen LogP contribution in [-0.4, -0.2) is 48.9 Å². The number of amides is 1. The van der Waals surface area contributed by atoms with Gasteiger partial charge < -0.3 is 19.9 Å². The third kappa shape index (κ3) is 3.43. The number of nitrogens with one attached hydrogen (secondary N) is 1. The highest BCUT2D eigenvalue weighted by Gasteiger charge is 2.34. The number of carbonyl (C=O) groups is 2. The van der Waals surface area contributed by atoms with Crippen molar-refractivity contribution in [3.05, 3.63) is 0 Å². The van der Waals surface area contributed by atoms with Crippen molar-refractivity contribution in [1.29, 1.82) is 0 Å². The van der Waals surface area contributed by atoms with Gasteiger partial charge in [0.05, 0.1) is 0 Å². The van der Waals surface area contributed by atoms with E-state index in [0.29, 0.717) is 25.3 Å². The molecule has 6 heteroatoms. The summed E-state index contributed by atoms with van der Waals surface area (Å²) in [5.74, 6) is -0.660. The molecule has 0 aromatic heterocycles. The monoisotopic (exact) mass is 257 g/mol. The summed E-state index contributed by atoms with van der Waals surface area (Å²) in [5.41, 5.74) is 0. The Morgan fingerprint density at radius 2 is 2.00 bits per heavy atom. The molecule has 0 aromatic carbocycles. The molecule has 6 nitrogen and oxygen atoms in total. The number of hydrogen-bond acceptors (Lipinski definition) is 4. The van der Waals surface area contributed by atoms with Crippen molar-refractivity contribution in [2.45, 2.75) is 37.9 Å². The first kappa shape index (κ1) is 13.3. The maximum Gasteiger partial charge on any atom is 0.332 e. The van der Waals surface area contributed by atoms with Gasteiger partial charge in [0.15, 0.2) is 6.10 Å². The zero-order valence-electron chi connectivity index (χ0n) is 10.3. The van der Waals surface area contributed by atoms with Crippen molar-refractivity contribution in [3.8, 4) is 0 Å². The van der Waals surface area contributed by atoms with Gasteiger partial charge in [0.2, 0.25) is 5.91 Å². The molecule has 2 aliphatic rings. The van der Waals surface area contributed by atoms with Gasteiger partial charge in [-0.25, -0.2) is 4.79 Å². The number of ether oxygens (including phenoxy) is 2. The van der Waals surface area contributed by atoms with Gasteiger partial charge in [-0.15, -0.1) is 0 Å². The van der Waals surface area contributed by atoms with Crippen LogP contribution in [0.25, 0.3) is 0 Å². The summed E-state index contributed by atoms with van der Waals surface area (Å²) in [7, 11) is 0. The Balaban J connectivity index is 1.64. The van der Waals surface area contributed by atoms with Crippen molar-refractivity contribution in [2.24, 2.45) is 5.92 Å². The predicted molar refractivity (Wildman–Crippen MR) is 62.1 cm³/mol. The Labute approximate surface area is 106 Å². The van der Waals surface area contributed by atoms with E-state index < -0.39 is 18.2 Å². The number of hydrogen-bond donors (Lipinski definition) is 2. The van der Waals surface area contributed by atoms with Crippen LogP contribution < -0.4 is 5.32 Å². The first-order chi connectivity index (χ1) is 8.66. The van der Waals surface area contributed by atoms with E-state index >= 15 is 0 Å². The van der Waals surface area contributed by atoms with Crippen molar-refractivity contribution >= 4 is 11.9 Å². The quantitative estimate of drug-likeness (QED) is 0.733. The molecule has 0 spiro atoms. The van der Waals surface area contributed by atoms with E-state index in [2.05, 4.69) is 5.32 Å². The summed E-state index contributed by atoms with van der Waals surface area (Å²) in [6, 6.07) is 0. The Kier molecular flexibility index (Phi) is 4.54. The highest BCUT2D eigenvalue weighted by Crippen LogP contribution is 2.20. The van der Waals surface area contributed by atoms with Gasteiger partial charge in [-0.2, -0.15) is 0 Å². The van der Waals surface area contributed by atoms with Crippen LogP contribution in [-0.2, 0) is 19.1 Å². The van der Waals surface area contributed by atoms with Gasteiger partial charge in [0.1, 0.15) is 6.10 Å². The third-order valence-corrected chi connectivity index (χ3v) is 3.46. The van der Waals surface area contributed by atoms with Crippen LogP contribution in [0.1, 0.15) is 25.7 Å². The minimum atomic E-state index is -0.992. The maximum absolute atomic E-state index is 11.7. The minimum Gasteiger partial charge on any atom is -0.479 e. The summed E-state index contributed by atoms with van der Waals surface area (Å²) < 4.78 is 10.4. The normalized spacial score (nSPS) is 31.4. The molecule has 0 aliphatic carbocycles. The summed E-state index contributed by atoms with van der Waals surface area (Å²) in [5, 5.41) is 11.6. The minimum absolute atomic E-state index is 0.197. The van der Waals surface area contributed by atoms with Gasteiger partial charge >= 0.3 is 5.97 Å². The Morgan fingerprint density at radius 1 is 1.22 bits per heavy atom. The number of rotatable bonds is 5. The molecule has 18 heavy (non-hydrogen) atoms. The average Bonchev–Trinajstić information content (AvgIpc) is 2.99. The molecule has 2 N–H and O–H groups in total. The second-order valence-corrected chi connectivity index (χ2v) is 4.84. The zero-order chi connectivity index (χ0) is 13.0. The Morgan fingerprint density at radius 3 is 2.61 bits per heavy atom. The van der Waals surface area contributed by atoms with Crippen LogP contribution in [0, 0.1) is 5.92 Å². The van der Waals surface area contributed by atoms with Crippen molar-refractivity contribution < 1.29 is 24.2 Å². The van der Waals surface area contributed by atoms with Crippen molar-refractivity contribution in [2.75, 3.05) is 19.8 Å². The highest BCUT2D eigenvalue weighted by atomic mass is 16.5. The molecule has 0 saturated carbocycles. The van der Waals surface area contributed by atoms with E-state index in [9.17, 15) is 9.59 Å². The van der Waals surface area contributed by atoms with Crippen LogP contribution in [0.3, 0.4) is 0 Å². The van der Waals surface area contributed by atoms with Gasteiger partial charge in [0.25, 0.3) is 0 Å². The van der Waals surface area contributed by atoms with E-state index in [0.717, 1.165) is 26.1 Å². The average molecular weight is 257 g/mol. The van der Waals surface area contributed by atoms with Crippen molar-refractivity contribution in [3.63, 3.8) is 0 Å². The first-order valence-electron chi connectivity index (χ1n) is 6.40. The lowest BCUT2D eigenvalue weighted by atomic mass is 10.1. The number of carbonyl (C=O) groups excluding carboxylic acids is 1. The standard InChI is InChI=1S/C12H19NO5/c14-11(9-1-2-10(18-9)12(15)16)13-5-3-8-4-6-17-7-8/h8-10H,1-7H2,(H,13,14)(H,15,16)/t8?,9-,10+/m0/s1. The Hall–Kier alpha value is -1.14. The lowest BCUT2D eigenvalue weighted by molar-refractivity contribution is -0.151. The second-order valence-electron chi connectivity index (χ2n) is 4.84. The van der Waals surface area contributed by atoms with Crippen LogP contribution in [0.4, 0.5) is 0 Å². The van der Waals surface area contributed by atoms with E-state index in [1.807, 2.05) is 0 Å². The molecule has 102 valence electrons. The number of carboxylic acids is 1. The zero-order valence-corrected chi connectivity index (χ0v) is 10.3. The molecule has 0 bridgehead atoms. The fourth-order valence-corrected chi connectivity index (χ4v) is 2.34. The van der Waals surface area contributed by atoms with Gasteiger partial charge in [-0.3, -0.25) is 4.79 Å². The summed E-state index contributed by atoms with van der Waals surface area (Å²) in [4.78, 5) is 22.4. The van der Waals surface area contributed by atoms with Gasteiger partial charge in [-0.05, 0) is 31.6 Å². The van der Waals surface area contributed by atoms with Gasteiger partial charge in [0, 0.05) is 19.8 Å². The Bertz CT molecular complexity index is 314. The maximum atomic E-state index is 11.7. The molecular formula is C12H19NO5. The topological polar surface area (TPSA) is 84.9 Å². The SMILES string of the molecule is O=C(NCCC1CCOC1)[C@@H]1CC[C@H](C(=O)O)O1. The molecular weight excluding hydrogens is 238 g/mol. The van der Waals surface area contributed by atoms with Crippen LogP contribution >= 0.6 is 0 Å².